The van der Waals surface area contributed by atoms with Gasteiger partial charge in [0.2, 0.25) is 0 Å². The smallest absolute Gasteiger partial charge is 0.263 e. The molecule has 0 radical (unpaired) electrons. The van der Waals surface area contributed by atoms with E-state index in [2.05, 4.69) is 16.0 Å². The summed E-state index contributed by atoms with van der Waals surface area (Å²) in [6.45, 7) is 4.37. The van der Waals surface area contributed by atoms with E-state index in [0.29, 0.717) is 37.5 Å². The second-order valence-corrected chi connectivity index (χ2v) is 5.90. The Morgan fingerprint density at radius 3 is 2.60 bits per heavy atom. The number of carbonyl (C=O) groups excluding carboxylic acids is 1. The van der Waals surface area contributed by atoms with Crippen molar-refractivity contribution in [2.45, 2.75) is 13.0 Å². The first kappa shape index (κ1) is 16.8. The number of hydrogen-bond donors (Lipinski definition) is 0. The minimum Gasteiger partial charge on any atom is -0.481 e. The number of amides is 1. The Morgan fingerprint density at radius 1 is 1.20 bits per heavy atom. The number of carbonyl (C=O) groups is 1. The summed E-state index contributed by atoms with van der Waals surface area (Å²) in [5.74, 6) is 1.46. The number of aromatic nitrogens is 1. The quantitative estimate of drug-likeness (QED) is 0.855. The summed E-state index contributed by atoms with van der Waals surface area (Å²) in [4.78, 5) is 20.8. The molecular formula is C19H20N4O2. The Morgan fingerprint density at radius 2 is 1.92 bits per heavy atom. The number of ether oxygens (including phenoxy) is 1. The average Bonchev–Trinajstić information content (AvgIpc) is 2.68. The predicted molar refractivity (Wildman–Crippen MR) is 94.3 cm³/mol. The molecule has 1 aliphatic heterocycles. The highest BCUT2D eigenvalue weighted by molar-refractivity contribution is 5.81. The van der Waals surface area contributed by atoms with Gasteiger partial charge in [0.1, 0.15) is 11.6 Å². The van der Waals surface area contributed by atoms with E-state index >= 15 is 0 Å². The van der Waals surface area contributed by atoms with Gasteiger partial charge in [0.15, 0.2) is 6.10 Å². The number of hydrogen-bond acceptors (Lipinski definition) is 5. The van der Waals surface area contributed by atoms with Crippen LogP contribution in [0.15, 0.2) is 48.7 Å². The molecule has 1 saturated heterocycles. The number of nitriles is 1. The number of para-hydroxylation sites is 1. The van der Waals surface area contributed by atoms with Gasteiger partial charge >= 0.3 is 0 Å². The van der Waals surface area contributed by atoms with E-state index in [-0.39, 0.29) is 5.91 Å². The van der Waals surface area contributed by atoms with Crippen LogP contribution in [0.4, 0.5) is 5.82 Å². The van der Waals surface area contributed by atoms with E-state index in [1.807, 2.05) is 35.2 Å². The Bertz CT molecular complexity index is 764. The van der Waals surface area contributed by atoms with Crippen LogP contribution in [0.25, 0.3) is 0 Å². The number of nitrogens with zero attached hydrogens (tertiary/aromatic N) is 4. The van der Waals surface area contributed by atoms with Crippen LogP contribution in [-0.4, -0.2) is 48.1 Å². The van der Waals surface area contributed by atoms with E-state index in [0.717, 1.165) is 5.82 Å². The van der Waals surface area contributed by atoms with Crippen molar-refractivity contribution in [2.75, 3.05) is 31.1 Å². The van der Waals surface area contributed by atoms with Crippen molar-refractivity contribution < 1.29 is 9.53 Å². The molecular weight excluding hydrogens is 316 g/mol. The fourth-order valence-electron chi connectivity index (χ4n) is 2.83. The number of rotatable bonds is 4. The van der Waals surface area contributed by atoms with Crippen LogP contribution >= 0.6 is 0 Å². The van der Waals surface area contributed by atoms with Crippen LogP contribution in [0.2, 0.25) is 0 Å². The normalized spacial score (nSPS) is 15.4. The topological polar surface area (TPSA) is 69.5 Å². The fraction of sp³-hybridized carbons (Fsp3) is 0.316. The molecule has 1 fully saturated rings. The third-order valence-electron chi connectivity index (χ3n) is 4.19. The molecule has 6 nitrogen and oxygen atoms in total. The molecule has 0 saturated carbocycles. The molecule has 128 valence electrons. The Balaban J connectivity index is 1.56. The van der Waals surface area contributed by atoms with Crippen molar-refractivity contribution >= 4 is 11.7 Å². The summed E-state index contributed by atoms with van der Waals surface area (Å²) in [7, 11) is 0. The molecule has 1 amide bonds. The van der Waals surface area contributed by atoms with Crippen LogP contribution in [-0.2, 0) is 4.79 Å². The van der Waals surface area contributed by atoms with Gasteiger partial charge in [-0.05, 0) is 31.2 Å². The third-order valence-corrected chi connectivity index (χ3v) is 4.19. The number of piperazine rings is 1. The monoisotopic (exact) mass is 336 g/mol. The largest absolute Gasteiger partial charge is 0.481 e. The predicted octanol–water partition coefficient (Wildman–Crippen LogP) is 2.07. The zero-order valence-electron chi connectivity index (χ0n) is 14.1. The first-order valence-corrected chi connectivity index (χ1v) is 8.29. The molecule has 1 aliphatic rings. The van der Waals surface area contributed by atoms with Crippen molar-refractivity contribution in [2.24, 2.45) is 0 Å². The summed E-state index contributed by atoms with van der Waals surface area (Å²) >= 11 is 0. The first-order valence-electron chi connectivity index (χ1n) is 8.29. The van der Waals surface area contributed by atoms with Crippen molar-refractivity contribution in [1.82, 2.24) is 9.88 Å². The SMILES string of the molecule is C[C@@H](Oc1ccccc1)C(=O)N1CCN(c2cc(C#N)ccn2)CC1. The second kappa shape index (κ2) is 7.67. The minimum absolute atomic E-state index is 0.0118. The first-order chi connectivity index (χ1) is 12.2. The van der Waals surface area contributed by atoms with Gasteiger partial charge in [-0.25, -0.2) is 4.98 Å². The lowest BCUT2D eigenvalue weighted by Crippen LogP contribution is -2.52. The Kier molecular flexibility index (Phi) is 5.14. The molecule has 1 aromatic carbocycles. The van der Waals surface area contributed by atoms with Gasteiger partial charge in [-0.2, -0.15) is 5.26 Å². The van der Waals surface area contributed by atoms with E-state index in [9.17, 15) is 4.79 Å². The Hall–Kier alpha value is -3.07. The highest BCUT2D eigenvalue weighted by Gasteiger charge is 2.26. The van der Waals surface area contributed by atoms with Crippen LogP contribution in [0.3, 0.4) is 0 Å². The fourth-order valence-corrected chi connectivity index (χ4v) is 2.83. The molecule has 0 bridgehead atoms. The molecule has 0 aliphatic carbocycles. The van der Waals surface area contributed by atoms with Gasteiger partial charge in [-0.3, -0.25) is 4.79 Å². The molecule has 0 spiro atoms. The maximum Gasteiger partial charge on any atom is 0.263 e. The van der Waals surface area contributed by atoms with Crippen LogP contribution in [0.5, 0.6) is 5.75 Å². The average molecular weight is 336 g/mol. The molecule has 1 atom stereocenters. The van der Waals surface area contributed by atoms with Gasteiger partial charge < -0.3 is 14.5 Å². The highest BCUT2D eigenvalue weighted by Crippen LogP contribution is 2.17. The van der Waals surface area contributed by atoms with E-state index in [1.54, 1.807) is 25.3 Å². The zero-order valence-corrected chi connectivity index (χ0v) is 14.1. The molecule has 25 heavy (non-hydrogen) atoms. The van der Waals surface area contributed by atoms with Crippen LogP contribution < -0.4 is 9.64 Å². The van der Waals surface area contributed by atoms with Crippen LogP contribution in [0, 0.1) is 11.3 Å². The molecule has 0 N–H and O–H groups in total. The van der Waals surface area contributed by atoms with E-state index < -0.39 is 6.10 Å². The van der Waals surface area contributed by atoms with Gasteiger partial charge in [0.25, 0.3) is 5.91 Å². The molecule has 0 unspecified atom stereocenters. The van der Waals surface area contributed by atoms with Gasteiger partial charge in [0, 0.05) is 32.4 Å². The summed E-state index contributed by atoms with van der Waals surface area (Å²) in [6.07, 6.45) is 1.12. The Labute approximate surface area is 147 Å². The molecule has 2 heterocycles. The lowest BCUT2D eigenvalue weighted by atomic mass is 10.2. The van der Waals surface area contributed by atoms with Gasteiger partial charge in [-0.1, -0.05) is 18.2 Å². The van der Waals surface area contributed by atoms with E-state index in [1.165, 1.54) is 0 Å². The summed E-state index contributed by atoms with van der Waals surface area (Å²) in [5, 5.41) is 8.99. The standard InChI is InChI=1S/C19H20N4O2/c1-15(25-17-5-3-2-4-6-17)19(24)23-11-9-22(10-12-23)18-13-16(14-20)7-8-21-18/h2-8,13,15H,9-12H2,1H3/t15-/m1/s1. The number of pyridine rings is 1. The van der Waals surface area contributed by atoms with Crippen LogP contribution in [0.1, 0.15) is 12.5 Å². The third kappa shape index (κ3) is 4.07. The molecule has 1 aromatic heterocycles. The van der Waals surface area contributed by atoms with Crippen molar-refractivity contribution in [3.05, 3.63) is 54.2 Å². The van der Waals surface area contributed by atoms with Crippen molar-refractivity contribution in [1.29, 1.82) is 5.26 Å². The number of benzene rings is 1. The van der Waals surface area contributed by atoms with Crippen molar-refractivity contribution in [3.8, 4) is 11.8 Å². The maximum absolute atomic E-state index is 12.6. The lowest BCUT2D eigenvalue weighted by molar-refractivity contribution is -0.138. The van der Waals surface area contributed by atoms with Gasteiger partial charge in [0.05, 0.1) is 11.6 Å². The molecule has 2 aromatic rings. The minimum atomic E-state index is -0.519. The summed E-state index contributed by atoms with van der Waals surface area (Å²) in [6, 6.07) is 14.9. The summed E-state index contributed by atoms with van der Waals surface area (Å²) < 4.78 is 5.72. The molecule has 6 heteroatoms. The maximum atomic E-state index is 12.6. The highest BCUT2D eigenvalue weighted by atomic mass is 16.5. The zero-order chi connectivity index (χ0) is 17.6. The molecule has 3 rings (SSSR count). The second-order valence-electron chi connectivity index (χ2n) is 5.90. The van der Waals surface area contributed by atoms with E-state index in [4.69, 9.17) is 10.00 Å². The number of anilines is 1. The van der Waals surface area contributed by atoms with Crippen molar-refractivity contribution in [3.63, 3.8) is 0 Å². The summed E-state index contributed by atoms with van der Waals surface area (Å²) in [5.41, 5.74) is 0.591. The lowest BCUT2D eigenvalue weighted by Gasteiger charge is -2.36. The van der Waals surface area contributed by atoms with Gasteiger partial charge in [-0.15, -0.1) is 0 Å².